The largest absolute Gasteiger partial charge is 0.363 e. The van der Waals surface area contributed by atoms with E-state index in [-0.39, 0.29) is 0 Å². The number of nitrogens with one attached hydrogen (secondary N) is 1. The third kappa shape index (κ3) is 2.64. The molecule has 0 aromatic heterocycles. The van der Waals surface area contributed by atoms with Gasteiger partial charge in [-0.1, -0.05) is 0 Å². The van der Waals surface area contributed by atoms with Gasteiger partial charge < -0.3 is 10.1 Å². The van der Waals surface area contributed by atoms with Crippen LogP contribution in [0.25, 0.3) is 0 Å². The van der Waals surface area contributed by atoms with Gasteiger partial charge in [0.05, 0.1) is 12.8 Å². The molecule has 0 atom stereocenters. The lowest BCUT2D eigenvalue weighted by Crippen LogP contribution is -2.26. The average Bonchev–Trinajstić information content (AvgIpc) is 2.34. The zero-order valence-corrected chi connectivity index (χ0v) is 6.76. The molecule has 1 saturated heterocycles. The van der Waals surface area contributed by atoms with E-state index in [2.05, 4.69) is 24.1 Å². The first-order chi connectivity index (χ1) is 4.79. The quantitative estimate of drug-likeness (QED) is 0.613. The Labute approximate surface area is 62.3 Å². The average molecular weight is 144 g/mol. The monoisotopic (exact) mass is 144 g/mol. The second-order valence-corrected chi connectivity index (χ2v) is 2.90. The molecule has 0 spiro atoms. The van der Waals surface area contributed by atoms with Gasteiger partial charge in [-0.25, -0.2) is 0 Å². The maximum Gasteiger partial charge on any atom is 0.100 e. The molecular weight excluding hydrogens is 128 g/mol. The Kier molecular flexibility index (Phi) is 3.12. The van der Waals surface area contributed by atoms with Crippen molar-refractivity contribution in [2.24, 2.45) is 0 Å². The van der Waals surface area contributed by atoms with Crippen molar-refractivity contribution < 1.29 is 4.74 Å². The third-order valence-corrected chi connectivity index (χ3v) is 1.53. The molecule has 0 aromatic rings. The molecule has 0 aromatic carbocycles. The van der Waals surface area contributed by atoms with Crippen LogP contribution in [0.3, 0.4) is 0 Å². The molecule has 1 fully saturated rings. The summed E-state index contributed by atoms with van der Waals surface area (Å²) in [6.45, 7) is 8.08. The Bertz CT molecular complexity index is 89.6. The molecule has 1 rings (SSSR count). The van der Waals surface area contributed by atoms with Crippen molar-refractivity contribution >= 4 is 0 Å². The summed E-state index contributed by atoms with van der Waals surface area (Å²) in [4.78, 5) is 2.25. The molecule has 0 saturated carbocycles. The van der Waals surface area contributed by atoms with E-state index in [1.54, 1.807) is 0 Å². The minimum Gasteiger partial charge on any atom is -0.363 e. The molecule has 1 heterocycles. The van der Waals surface area contributed by atoms with Gasteiger partial charge in [0.2, 0.25) is 0 Å². The van der Waals surface area contributed by atoms with E-state index in [1.165, 1.54) is 0 Å². The first-order valence-electron chi connectivity index (χ1n) is 3.83. The predicted octanol–water partition coefficient (Wildman–Crippen LogP) is 0.232. The predicted molar refractivity (Wildman–Crippen MR) is 40.7 cm³/mol. The fourth-order valence-corrected chi connectivity index (χ4v) is 0.918. The topological polar surface area (TPSA) is 24.5 Å². The Balaban J connectivity index is 2.01. The van der Waals surface area contributed by atoms with E-state index in [1.807, 2.05) is 0 Å². The highest BCUT2D eigenvalue weighted by Crippen LogP contribution is 1.95. The van der Waals surface area contributed by atoms with Crippen molar-refractivity contribution in [2.75, 3.05) is 26.5 Å². The number of hydrogen-bond donors (Lipinski definition) is 1. The summed E-state index contributed by atoms with van der Waals surface area (Å²) >= 11 is 0. The van der Waals surface area contributed by atoms with Crippen LogP contribution in [0.4, 0.5) is 0 Å². The summed E-state index contributed by atoms with van der Waals surface area (Å²) in [5, 5.41) is 3.24. The van der Waals surface area contributed by atoms with E-state index >= 15 is 0 Å². The summed E-state index contributed by atoms with van der Waals surface area (Å²) in [5.41, 5.74) is 0. The molecule has 1 aliphatic rings. The molecule has 0 radical (unpaired) electrons. The van der Waals surface area contributed by atoms with Crippen LogP contribution in [0.2, 0.25) is 0 Å². The van der Waals surface area contributed by atoms with E-state index in [0.717, 1.165) is 26.5 Å². The first-order valence-corrected chi connectivity index (χ1v) is 3.83. The molecule has 10 heavy (non-hydrogen) atoms. The molecule has 0 bridgehead atoms. The van der Waals surface area contributed by atoms with E-state index < -0.39 is 0 Å². The Morgan fingerprint density at radius 2 is 2.40 bits per heavy atom. The minimum absolute atomic E-state index is 0.348. The van der Waals surface area contributed by atoms with Gasteiger partial charge in [-0.05, 0) is 13.8 Å². The van der Waals surface area contributed by atoms with Gasteiger partial charge in [-0.15, -0.1) is 0 Å². The number of nitrogens with zero attached hydrogens (tertiary/aromatic N) is 1. The molecule has 3 heteroatoms. The number of ether oxygens (including phenoxy) is 1. The third-order valence-electron chi connectivity index (χ3n) is 1.53. The van der Waals surface area contributed by atoms with E-state index in [9.17, 15) is 0 Å². The zero-order chi connectivity index (χ0) is 7.40. The molecule has 60 valence electrons. The summed E-state index contributed by atoms with van der Waals surface area (Å²) < 4.78 is 5.41. The van der Waals surface area contributed by atoms with Crippen LogP contribution in [-0.4, -0.2) is 37.5 Å². The Morgan fingerprint density at radius 3 is 2.90 bits per heavy atom. The molecule has 0 unspecified atom stereocenters. The van der Waals surface area contributed by atoms with Crippen LogP contribution in [0, 0.1) is 0 Å². The molecule has 0 aliphatic carbocycles. The van der Waals surface area contributed by atoms with Crippen molar-refractivity contribution in [3.63, 3.8) is 0 Å². The first kappa shape index (κ1) is 7.98. The van der Waals surface area contributed by atoms with Crippen molar-refractivity contribution in [3.8, 4) is 0 Å². The van der Waals surface area contributed by atoms with Crippen molar-refractivity contribution in [2.45, 2.75) is 20.0 Å². The second kappa shape index (κ2) is 3.91. The van der Waals surface area contributed by atoms with Crippen molar-refractivity contribution in [1.29, 1.82) is 0 Å². The van der Waals surface area contributed by atoms with Crippen molar-refractivity contribution in [3.05, 3.63) is 0 Å². The molecule has 1 aliphatic heterocycles. The molecular formula is C7H16N2O. The van der Waals surface area contributed by atoms with Gasteiger partial charge in [0, 0.05) is 13.1 Å². The van der Waals surface area contributed by atoms with Gasteiger partial charge in [0.1, 0.15) is 6.73 Å². The minimum atomic E-state index is 0.348. The van der Waals surface area contributed by atoms with Crippen LogP contribution in [0.15, 0.2) is 0 Å². The fraction of sp³-hybridized carbons (Fsp3) is 1.00. The summed E-state index contributed by atoms with van der Waals surface area (Å²) in [7, 11) is 0. The van der Waals surface area contributed by atoms with Crippen molar-refractivity contribution in [1.82, 2.24) is 10.2 Å². The van der Waals surface area contributed by atoms with Gasteiger partial charge in [0.25, 0.3) is 0 Å². The zero-order valence-electron chi connectivity index (χ0n) is 6.76. The highest BCUT2D eigenvalue weighted by molar-refractivity contribution is 4.61. The number of hydrogen-bond acceptors (Lipinski definition) is 3. The van der Waals surface area contributed by atoms with Gasteiger partial charge in [-0.2, -0.15) is 0 Å². The van der Waals surface area contributed by atoms with Crippen LogP contribution in [-0.2, 0) is 4.74 Å². The van der Waals surface area contributed by atoms with Crippen LogP contribution >= 0.6 is 0 Å². The lowest BCUT2D eigenvalue weighted by Gasteiger charge is -2.15. The van der Waals surface area contributed by atoms with E-state index in [4.69, 9.17) is 4.74 Å². The van der Waals surface area contributed by atoms with E-state index in [0.29, 0.717) is 6.10 Å². The Morgan fingerprint density at radius 1 is 1.60 bits per heavy atom. The highest BCUT2D eigenvalue weighted by atomic mass is 16.5. The lowest BCUT2D eigenvalue weighted by molar-refractivity contribution is 0.00328. The second-order valence-electron chi connectivity index (χ2n) is 2.90. The van der Waals surface area contributed by atoms with Crippen LogP contribution in [0.5, 0.6) is 0 Å². The Hall–Kier alpha value is -0.120. The summed E-state index contributed by atoms with van der Waals surface area (Å²) in [6, 6.07) is 0. The normalized spacial score (nSPS) is 20.7. The smallest absolute Gasteiger partial charge is 0.100 e. The summed E-state index contributed by atoms with van der Waals surface area (Å²) in [6.07, 6.45) is 0.348. The van der Waals surface area contributed by atoms with Gasteiger partial charge in [0.15, 0.2) is 0 Å². The van der Waals surface area contributed by atoms with Crippen LogP contribution < -0.4 is 5.32 Å². The molecule has 0 amide bonds. The van der Waals surface area contributed by atoms with Gasteiger partial charge >= 0.3 is 0 Å². The maximum atomic E-state index is 5.41. The summed E-state index contributed by atoms with van der Waals surface area (Å²) in [5.74, 6) is 0. The SMILES string of the molecule is CC(C)OCN1CCNC1. The molecule has 1 N–H and O–H groups in total. The fourth-order valence-electron chi connectivity index (χ4n) is 0.918. The highest BCUT2D eigenvalue weighted by Gasteiger charge is 2.09. The molecule has 3 nitrogen and oxygen atoms in total. The number of rotatable bonds is 3. The van der Waals surface area contributed by atoms with Crippen LogP contribution in [0.1, 0.15) is 13.8 Å². The standard InChI is InChI=1S/C7H16N2O/c1-7(2)10-6-9-4-3-8-5-9/h7-8H,3-6H2,1-2H3. The maximum absolute atomic E-state index is 5.41. The lowest BCUT2D eigenvalue weighted by atomic mass is 10.5. The van der Waals surface area contributed by atoms with Gasteiger partial charge in [-0.3, -0.25) is 4.90 Å².